The minimum Gasteiger partial charge on any atom is -0.380 e. The Morgan fingerprint density at radius 1 is 1.29 bits per heavy atom. The molecule has 21 heavy (non-hydrogen) atoms. The molecule has 0 aliphatic carbocycles. The van der Waals surface area contributed by atoms with E-state index in [0.29, 0.717) is 30.8 Å². The maximum absolute atomic E-state index is 12.9. The van der Waals surface area contributed by atoms with Crippen molar-refractivity contribution in [2.45, 2.75) is 11.8 Å². The highest BCUT2D eigenvalue weighted by Crippen LogP contribution is 2.36. The zero-order valence-corrected chi connectivity index (χ0v) is 11.5. The Labute approximate surface area is 123 Å². The lowest BCUT2D eigenvalue weighted by Crippen LogP contribution is -2.36. The molecule has 4 nitrogen and oxygen atoms in total. The average Bonchev–Trinajstić information content (AvgIpc) is 3.06. The molecular formula is C17H14N2O2. The second-order valence-corrected chi connectivity index (χ2v) is 5.14. The van der Waals surface area contributed by atoms with E-state index in [4.69, 9.17) is 10.00 Å². The van der Waals surface area contributed by atoms with Crippen LogP contribution >= 0.6 is 0 Å². The number of Topliss-reactive ketones (excluding diaryl/α,β-unsaturated/α-hetero) is 1. The number of nitriles is 1. The maximum atomic E-state index is 12.9. The largest absolute Gasteiger partial charge is 0.380 e. The lowest BCUT2D eigenvalue weighted by Gasteiger charge is -2.26. The number of ether oxygens (including phenoxy) is 1. The molecule has 1 aliphatic rings. The molecule has 0 saturated carbocycles. The van der Waals surface area contributed by atoms with Gasteiger partial charge in [-0.1, -0.05) is 12.1 Å². The maximum Gasteiger partial charge on any atom is 0.177 e. The van der Waals surface area contributed by atoms with E-state index in [9.17, 15) is 4.79 Å². The SMILES string of the molecule is N#Cc1ccc([C@@]2(C(=O)c3cccnc3)CCOC2)cc1. The summed E-state index contributed by atoms with van der Waals surface area (Å²) < 4.78 is 5.51. The molecule has 1 saturated heterocycles. The van der Waals surface area contributed by atoms with Crippen LogP contribution in [0.1, 0.15) is 27.9 Å². The molecule has 1 aromatic heterocycles. The van der Waals surface area contributed by atoms with E-state index in [1.54, 1.807) is 36.7 Å². The Morgan fingerprint density at radius 3 is 2.67 bits per heavy atom. The van der Waals surface area contributed by atoms with E-state index < -0.39 is 5.41 Å². The summed E-state index contributed by atoms with van der Waals surface area (Å²) in [5.74, 6) is 0.0257. The number of hydrogen-bond acceptors (Lipinski definition) is 4. The van der Waals surface area contributed by atoms with Crippen molar-refractivity contribution in [3.63, 3.8) is 0 Å². The summed E-state index contributed by atoms with van der Waals surface area (Å²) in [4.78, 5) is 17.0. The topological polar surface area (TPSA) is 63.0 Å². The molecule has 0 radical (unpaired) electrons. The zero-order chi connectivity index (χ0) is 14.7. The molecule has 0 spiro atoms. The fraction of sp³-hybridized carbons (Fsp3) is 0.235. The molecule has 2 heterocycles. The van der Waals surface area contributed by atoms with Crippen LogP contribution in [0.4, 0.5) is 0 Å². The predicted molar refractivity (Wildman–Crippen MR) is 76.8 cm³/mol. The molecule has 3 rings (SSSR count). The number of hydrogen-bond donors (Lipinski definition) is 0. The van der Waals surface area contributed by atoms with Gasteiger partial charge in [-0.2, -0.15) is 5.26 Å². The highest BCUT2D eigenvalue weighted by Gasteiger charge is 2.44. The monoisotopic (exact) mass is 278 g/mol. The van der Waals surface area contributed by atoms with Crippen LogP contribution in [0.15, 0.2) is 48.8 Å². The average molecular weight is 278 g/mol. The number of pyridine rings is 1. The van der Waals surface area contributed by atoms with Gasteiger partial charge in [-0.3, -0.25) is 9.78 Å². The fourth-order valence-electron chi connectivity index (χ4n) is 2.74. The Bertz CT molecular complexity index is 681. The smallest absolute Gasteiger partial charge is 0.177 e. The van der Waals surface area contributed by atoms with E-state index >= 15 is 0 Å². The van der Waals surface area contributed by atoms with Crippen LogP contribution in [0.25, 0.3) is 0 Å². The molecule has 1 aromatic carbocycles. The molecule has 104 valence electrons. The third-order valence-electron chi connectivity index (χ3n) is 3.95. The Kier molecular flexibility index (Phi) is 3.51. The van der Waals surface area contributed by atoms with Crippen molar-refractivity contribution in [1.29, 1.82) is 5.26 Å². The first-order chi connectivity index (χ1) is 10.3. The second-order valence-electron chi connectivity index (χ2n) is 5.14. The molecule has 0 N–H and O–H groups in total. The standard InChI is InChI=1S/C17H14N2O2/c18-10-13-3-5-15(6-4-13)17(7-9-21-12-17)16(20)14-2-1-8-19-11-14/h1-6,8,11H,7,9,12H2/t17-/m1/s1. The summed E-state index contributed by atoms with van der Waals surface area (Å²) in [6.07, 6.45) is 3.88. The van der Waals surface area contributed by atoms with Gasteiger partial charge in [0.25, 0.3) is 0 Å². The molecule has 2 aromatic rings. The van der Waals surface area contributed by atoms with Crippen LogP contribution in [0.3, 0.4) is 0 Å². The first-order valence-corrected chi connectivity index (χ1v) is 6.79. The van der Waals surface area contributed by atoms with Gasteiger partial charge in [-0.05, 0) is 36.2 Å². The minimum absolute atomic E-state index is 0.0257. The summed E-state index contributed by atoms with van der Waals surface area (Å²) in [7, 11) is 0. The quantitative estimate of drug-likeness (QED) is 0.809. The number of aromatic nitrogens is 1. The van der Waals surface area contributed by atoms with Crippen LogP contribution in [0, 0.1) is 11.3 Å². The first kappa shape index (κ1) is 13.5. The lowest BCUT2D eigenvalue weighted by molar-refractivity contribution is 0.0855. The van der Waals surface area contributed by atoms with Crippen LogP contribution in [0.5, 0.6) is 0 Å². The Hall–Kier alpha value is -2.51. The summed E-state index contributed by atoms with van der Waals surface area (Å²) in [6, 6.07) is 12.8. The summed E-state index contributed by atoms with van der Waals surface area (Å²) in [5, 5.41) is 8.90. The van der Waals surface area contributed by atoms with E-state index in [-0.39, 0.29) is 5.78 Å². The highest BCUT2D eigenvalue weighted by molar-refractivity contribution is 6.04. The van der Waals surface area contributed by atoms with E-state index in [1.165, 1.54) is 0 Å². The van der Waals surface area contributed by atoms with Crippen LogP contribution in [0.2, 0.25) is 0 Å². The van der Waals surface area contributed by atoms with Gasteiger partial charge < -0.3 is 4.74 Å². The van der Waals surface area contributed by atoms with Crippen LogP contribution < -0.4 is 0 Å². The Balaban J connectivity index is 2.03. The number of carbonyl (C=O) groups is 1. The minimum atomic E-state index is -0.670. The van der Waals surface area contributed by atoms with Gasteiger partial charge in [0.2, 0.25) is 0 Å². The molecule has 1 fully saturated rings. The van der Waals surface area contributed by atoms with Gasteiger partial charge in [0.15, 0.2) is 5.78 Å². The van der Waals surface area contributed by atoms with Gasteiger partial charge in [-0.25, -0.2) is 0 Å². The lowest BCUT2D eigenvalue weighted by atomic mass is 9.74. The molecule has 0 amide bonds. The normalized spacial score (nSPS) is 20.9. The van der Waals surface area contributed by atoms with Gasteiger partial charge in [0.05, 0.1) is 23.7 Å². The molecule has 1 atom stereocenters. The first-order valence-electron chi connectivity index (χ1n) is 6.79. The fourth-order valence-corrected chi connectivity index (χ4v) is 2.74. The predicted octanol–water partition coefficient (Wildman–Crippen LogP) is 2.49. The Morgan fingerprint density at radius 2 is 2.10 bits per heavy atom. The molecular weight excluding hydrogens is 264 g/mol. The van der Waals surface area contributed by atoms with Crippen molar-refractivity contribution < 1.29 is 9.53 Å². The van der Waals surface area contributed by atoms with Crippen molar-refractivity contribution in [3.05, 3.63) is 65.5 Å². The van der Waals surface area contributed by atoms with Crippen LogP contribution in [-0.2, 0) is 10.2 Å². The molecule has 0 unspecified atom stereocenters. The number of ketones is 1. The number of nitrogens with zero attached hydrogens (tertiary/aromatic N) is 2. The van der Waals surface area contributed by atoms with Crippen LogP contribution in [-0.4, -0.2) is 24.0 Å². The van der Waals surface area contributed by atoms with Gasteiger partial charge >= 0.3 is 0 Å². The van der Waals surface area contributed by atoms with E-state index in [2.05, 4.69) is 11.1 Å². The van der Waals surface area contributed by atoms with Crippen molar-refractivity contribution in [1.82, 2.24) is 4.98 Å². The third kappa shape index (κ3) is 2.32. The number of rotatable bonds is 3. The third-order valence-corrected chi connectivity index (χ3v) is 3.95. The van der Waals surface area contributed by atoms with Crippen molar-refractivity contribution in [3.8, 4) is 6.07 Å². The molecule has 1 aliphatic heterocycles. The van der Waals surface area contributed by atoms with E-state index in [1.807, 2.05) is 12.1 Å². The van der Waals surface area contributed by atoms with Crippen molar-refractivity contribution >= 4 is 5.78 Å². The molecule has 4 heteroatoms. The highest BCUT2D eigenvalue weighted by atomic mass is 16.5. The van der Waals surface area contributed by atoms with Crippen molar-refractivity contribution in [2.24, 2.45) is 0 Å². The van der Waals surface area contributed by atoms with Gasteiger partial charge in [0.1, 0.15) is 0 Å². The van der Waals surface area contributed by atoms with Gasteiger partial charge in [0, 0.05) is 24.6 Å². The second kappa shape index (κ2) is 5.47. The van der Waals surface area contributed by atoms with Crippen molar-refractivity contribution in [2.75, 3.05) is 13.2 Å². The van der Waals surface area contributed by atoms with E-state index in [0.717, 1.165) is 5.56 Å². The summed E-state index contributed by atoms with van der Waals surface area (Å²) in [6.45, 7) is 0.929. The molecule has 0 bridgehead atoms. The van der Waals surface area contributed by atoms with Gasteiger partial charge in [-0.15, -0.1) is 0 Å². The summed E-state index contributed by atoms with van der Waals surface area (Å²) in [5.41, 5.74) is 1.40. The number of benzene rings is 1. The number of carbonyl (C=O) groups excluding carboxylic acids is 1. The summed E-state index contributed by atoms with van der Waals surface area (Å²) >= 11 is 0. The zero-order valence-electron chi connectivity index (χ0n) is 11.5.